The van der Waals surface area contributed by atoms with Gasteiger partial charge < -0.3 is 0 Å². The van der Waals surface area contributed by atoms with E-state index in [2.05, 4.69) is 12.0 Å². The first kappa shape index (κ1) is 18.1. The fraction of sp³-hybridized carbons (Fsp3) is 0.750. The highest BCUT2D eigenvalue weighted by molar-refractivity contribution is 7.85. The van der Waals surface area contributed by atoms with Crippen molar-refractivity contribution in [1.29, 1.82) is 0 Å². The third kappa shape index (κ3) is 7.29. The molecule has 0 aromatic carbocycles. The highest BCUT2D eigenvalue weighted by atomic mass is 32.2. The normalized spacial score (nSPS) is 13.9. The van der Waals surface area contributed by atoms with Crippen molar-refractivity contribution in [2.75, 3.05) is 19.8 Å². The van der Waals surface area contributed by atoms with Crippen molar-refractivity contribution in [3.05, 3.63) is 12.2 Å². The molecule has 0 bridgehead atoms. The van der Waals surface area contributed by atoms with E-state index in [-0.39, 0.29) is 22.3 Å². The largest absolute Gasteiger partial charge is 0.290 e. The Labute approximate surface area is 115 Å². The van der Waals surface area contributed by atoms with Gasteiger partial charge in [0, 0.05) is 12.0 Å². The molecule has 0 saturated heterocycles. The second-order valence-electron chi connectivity index (χ2n) is 5.25. The van der Waals surface area contributed by atoms with Gasteiger partial charge >= 0.3 is 0 Å². The summed E-state index contributed by atoms with van der Waals surface area (Å²) in [5, 5.41) is 0. The van der Waals surface area contributed by atoms with E-state index in [0.717, 1.165) is 6.42 Å². The predicted molar refractivity (Wildman–Crippen MR) is 74.8 cm³/mol. The smallest absolute Gasteiger partial charge is 0.286 e. The lowest BCUT2D eigenvalue weighted by atomic mass is 10.1. The van der Waals surface area contributed by atoms with Crippen LogP contribution in [0.4, 0.5) is 0 Å². The molecule has 0 saturated carbocycles. The number of carbonyl (C=O) groups excluding carboxylic acids is 1. The number of quaternary nitrogens is 1. The molecule has 19 heavy (non-hydrogen) atoms. The molecule has 0 aromatic rings. The highest BCUT2D eigenvalue weighted by Crippen LogP contribution is 2.14. The standard InChI is InChI=1S/C12H24N2O4S/c1-6-11(8-7-9-19(16,17)18)14(4,5)13-12(15)10(2)3/h11H,2,6-9H2,1,3-5H3,(H-,13,15,16,17,18)/p+1/t11-/m0/s1. The monoisotopic (exact) mass is 293 g/mol. The van der Waals surface area contributed by atoms with Crippen LogP contribution in [-0.2, 0) is 14.9 Å². The van der Waals surface area contributed by atoms with Gasteiger partial charge in [0.2, 0.25) is 0 Å². The first-order valence-corrected chi connectivity index (χ1v) is 7.87. The maximum atomic E-state index is 11.6. The molecule has 0 rings (SSSR count). The second-order valence-corrected chi connectivity index (χ2v) is 6.82. The van der Waals surface area contributed by atoms with Gasteiger partial charge in [-0.3, -0.25) is 9.35 Å². The van der Waals surface area contributed by atoms with Gasteiger partial charge in [0.15, 0.2) is 0 Å². The Balaban J connectivity index is 4.56. The molecule has 1 atom stereocenters. The molecule has 0 fully saturated rings. The SMILES string of the molecule is C=C(C)C(=O)N[N+](C)(C)[C@@H](CC)CCCS(=O)(=O)O. The molecule has 0 aliphatic heterocycles. The summed E-state index contributed by atoms with van der Waals surface area (Å²) in [7, 11) is -0.219. The summed E-state index contributed by atoms with van der Waals surface area (Å²) in [4.78, 5) is 11.6. The van der Waals surface area contributed by atoms with Gasteiger partial charge in [0.1, 0.15) is 6.04 Å². The quantitative estimate of drug-likeness (QED) is 0.304. The van der Waals surface area contributed by atoms with Crippen LogP contribution in [0.25, 0.3) is 0 Å². The Morgan fingerprint density at radius 1 is 1.42 bits per heavy atom. The van der Waals surface area contributed by atoms with Crippen LogP contribution in [0.3, 0.4) is 0 Å². The van der Waals surface area contributed by atoms with E-state index >= 15 is 0 Å². The Morgan fingerprint density at radius 3 is 2.32 bits per heavy atom. The molecule has 1 amide bonds. The maximum absolute atomic E-state index is 11.6. The van der Waals surface area contributed by atoms with E-state index in [1.165, 1.54) is 0 Å². The zero-order valence-electron chi connectivity index (χ0n) is 12.1. The van der Waals surface area contributed by atoms with Crippen LogP contribution in [0.5, 0.6) is 0 Å². The van der Waals surface area contributed by atoms with Crippen molar-refractivity contribution >= 4 is 16.0 Å². The third-order valence-electron chi connectivity index (χ3n) is 3.10. The molecule has 7 heteroatoms. The fourth-order valence-electron chi connectivity index (χ4n) is 1.93. The molecule has 0 spiro atoms. The third-order valence-corrected chi connectivity index (χ3v) is 3.91. The lowest BCUT2D eigenvalue weighted by molar-refractivity contribution is -0.949. The molecule has 0 aliphatic carbocycles. The summed E-state index contributed by atoms with van der Waals surface area (Å²) in [6.45, 7) is 7.20. The Bertz CT molecular complexity index is 429. The van der Waals surface area contributed by atoms with Gasteiger partial charge in [0.05, 0.1) is 19.8 Å². The van der Waals surface area contributed by atoms with Crippen molar-refractivity contribution in [2.24, 2.45) is 0 Å². The minimum Gasteiger partial charge on any atom is -0.286 e. The predicted octanol–water partition coefficient (Wildman–Crippen LogP) is 1.12. The number of nitrogens with one attached hydrogen (secondary N) is 1. The molecular weight excluding hydrogens is 268 g/mol. The van der Waals surface area contributed by atoms with Gasteiger partial charge in [-0.15, -0.1) is 0 Å². The Morgan fingerprint density at radius 2 is 1.95 bits per heavy atom. The minimum absolute atomic E-state index is 0.0741. The highest BCUT2D eigenvalue weighted by Gasteiger charge is 2.29. The molecule has 2 N–H and O–H groups in total. The van der Waals surface area contributed by atoms with E-state index in [9.17, 15) is 13.2 Å². The summed E-state index contributed by atoms with van der Waals surface area (Å²) in [6.07, 6.45) is 1.75. The van der Waals surface area contributed by atoms with Crippen LogP contribution in [0.1, 0.15) is 33.1 Å². The van der Waals surface area contributed by atoms with Crippen molar-refractivity contribution in [3.63, 3.8) is 0 Å². The first-order valence-electron chi connectivity index (χ1n) is 6.26. The minimum atomic E-state index is -3.92. The summed E-state index contributed by atoms with van der Waals surface area (Å²) >= 11 is 0. The van der Waals surface area contributed by atoms with Crippen molar-refractivity contribution in [2.45, 2.75) is 39.2 Å². The molecule has 0 unspecified atom stereocenters. The topological polar surface area (TPSA) is 83.5 Å². The zero-order valence-corrected chi connectivity index (χ0v) is 13.0. The molecular formula is C12H25N2O4S+. The Kier molecular flexibility index (Phi) is 6.68. The van der Waals surface area contributed by atoms with Gasteiger partial charge in [0.25, 0.3) is 16.0 Å². The van der Waals surface area contributed by atoms with Gasteiger partial charge in [-0.1, -0.05) is 13.5 Å². The number of rotatable bonds is 8. The van der Waals surface area contributed by atoms with E-state index in [1.807, 2.05) is 21.0 Å². The van der Waals surface area contributed by atoms with E-state index in [4.69, 9.17) is 4.55 Å². The average molecular weight is 293 g/mol. The van der Waals surface area contributed by atoms with Crippen LogP contribution in [0.15, 0.2) is 12.2 Å². The lowest BCUT2D eigenvalue weighted by Gasteiger charge is -2.36. The Hall–Kier alpha value is -0.920. The van der Waals surface area contributed by atoms with Crippen molar-refractivity contribution in [1.82, 2.24) is 5.43 Å². The zero-order chi connectivity index (χ0) is 15.3. The summed E-state index contributed by atoms with van der Waals surface area (Å²) in [5.41, 5.74) is 3.27. The number of nitrogens with zero attached hydrogens (tertiary/aromatic N) is 1. The molecule has 0 heterocycles. The second kappa shape index (κ2) is 7.02. The van der Waals surface area contributed by atoms with Crippen LogP contribution in [0, 0.1) is 0 Å². The van der Waals surface area contributed by atoms with E-state index in [0.29, 0.717) is 18.4 Å². The van der Waals surface area contributed by atoms with Crippen molar-refractivity contribution < 1.29 is 22.4 Å². The van der Waals surface area contributed by atoms with Crippen molar-refractivity contribution in [3.8, 4) is 0 Å². The summed E-state index contributed by atoms with van der Waals surface area (Å²) in [5.74, 6) is -0.476. The van der Waals surface area contributed by atoms with Crippen LogP contribution < -0.4 is 5.43 Å². The van der Waals surface area contributed by atoms with E-state index < -0.39 is 10.1 Å². The number of carbonyl (C=O) groups is 1. The summed E-state index contributed by atoms with van der Waals surface area (Å²) < 4.78 is 30.3. The molecule has 0 aliphatic rings. The van der Waals surface area contributed by atoms with Gasteiger partial charge in [-0.2, -0.15) is 13.8 Å². The molecule has 0 radical (unpaired) electrons. The molecule has 6 nitrogen and oxygen atoms in total. The first-order chi connectivity index (χ1) is 8.49. The van der Waals surface area contributed by atoms with Crippen LogP contribution in [-0.4, -0.2) is 49.4 Å². The average Bonchev–Trinajstić information content (AvgIpc) is 2.21. The number of amides is 1. The van der Waals surface area contributed by atoms with Crippen LogP contribution in [0.2, 0.25) is 0 Å². The van der Waals surface area contributed by atoms with Gasteiger partial charge in [-0.05, 0) is 19.8 Å². The summed E-state index contributed by atoms with van der Waals surface area (Å²) in [6, 6.07) is 0.0741. The fourth-order valence-corrected chi connectivity index (χ4v) is 2.46. The van der Waals surface area contributed by atoms with Crippen LogP contribution >= 0.6 is 0 Å². The maximum Gasteiger partial charge on any atom is 0.290 e. The van der Waals surface area contributed by atoms with Gasteiger partial charge in [-0.25, -0.2) is 4.59 Å². The molecule has 0 aromatic heterocycles. The molecule has 112 valence electrons. The van der Waals surface area contributed by atoms with E-state index in [1.54, 1.807) is 6.92 Å². The lowest BCUT2D eigenvalue weighted by Crippen LogP contribution is -2.60. The number of hydrogen-bond donors (Lipinski definition) is 2. The number of hydrogen-bond acceptors (Lipinski definition) is 3.